The minimum atomic E-state index is -4.74. The molecule has 0 radical (unpaired) electrons. The molecule has 3 rings (SSSR count). The second-order valence-electron chi connectivity index (χ2n) is 6.60. The third-order valence-electron chi connectivity index (χ3n) is 4.84. The third kappa shape index (κ3) is 4.32. The average Bonchev–Trinajstić information content (AvgIpc) is 2.63. The minimum Gasteiger partial charge on any atom is -0.508 e. The van der Waals surface area contributed by atoms with Crippen LogP contribution in [0.2, 0.25) is 0 Å². The number of alkyl halides is 3. The monoisotopic (exact) mass is 380 g/mol. The predicted octanol–water partition coefficient (Wildman–Crippen LogP) is 2.98. The Morgan fingerprint density at radius 3 is 2.33 bits per heavy atom. The largest absolute Gasteiger partial charge is 0.508 e. The zero-order valence-electron chi connectivity index (χ0n) is 14.4. The van der Waals surface area contributed by atoms with Crippen molar-refractivity contribution in [2.45, 2.75) is 31.5 Å². The van der Waals surface area contributed by atoms with E-state index >= 15 is 0 Å². The van der Waals surface area contributed by atoms with E-state index in [1.807, 2.05) is 12.1 Å². The van der Waals surface area contributed by atoms with Gasteiger partial charge in [0.2, 0.25) is 5.91 Å². The van der Waals surface area contributed by atoms with Crippen LogP contribution in [-0.4, -0.2) is 33.6 Å². The number of carbonyl (C=O) groups is 1. The number of phenols is 1. The number of aromatic nitrogens is 1. The average molecular weight is 380 g/mol. The van der Waals surface area contributed by atoms with E-state index in [9.17, 15) is 27.9 Å². The van der Waals surface area contributed by atoms with Gasteiger partial charge in [-0.3, -0.25) is 9.59 Å². The number of carbonyl (C=O) groups excluding carboxylic acids is 1. The fraction of sp³-hybridized carbons (Fsp3) is 0.368. The summed E-state index contributed by atoms with van der Waals surface area (Å²) in [6.45, 7) is 0.531. The van der Waals surface area contributed by atoms with Crippen LogP contribution >= 0.6 is 0 Å². The molecular weight excluding hydrogens is 361 g/mol. The van der Waals surface area contributed by atoms with E-state index in [2.05, 4.69) is 0 Å². The van der Waals surface area contributed by atoms with Crippen LogP contribution in [-0.2, 0) is 17.5 Å². The van der Waals surface area contributed by atoms with Gasteiger partial charge in [0.1, 0.15) is 17.9 Å². The summed E-state index contributed by atoms with van der Waals surface area (Å²) in [6, 6.07) is 8.76. The number of benzene rings is 1. The van der Waals surface area contributed by atoms with Crippen molar-refractivity contribution >= 4 is 5.91 Å². The second-order valence-corrected chi connectivity index (χ2v) is 6.60. The number of hydrogen-bond acceptors (Lipinski definition) is 3. The highest BCUT2D eigenvalue weighted by atomic mass is 19.4. The topological polar surface area (TPSA) is 62.5 Å². The maximum atomic E-state index is 12.8. The molecule has 1 N–H and O–H groups in total. The Kier molecular flexibility index (Phi) is 5.25. The van der Waals surface area contributed by atoms with Gasteiger partial charge in [-0.2, -0.15) is 13.2 Å². The van der Waals surface area contributed by atoms with Gasteiger partial charge < -0.3 is 14.6 Å². The molecule has 1 aliphatic heterocycles. The molecule has 1 amide bonds. The summed E-state index contributed by atoms with van der Waals surface area (Å²) in [5.41, 5.74) is -1.41. The lowest BCUT2D eigenvalue weighted by atomic mass is 9.89. The first-order valence-corrected chi connectivity index (χ1v) is 8.59. The summed E-state index contributed by atoms with van der Waals surface area (Å²) in [5, 5.41) is 9.35. The SMILES string of the molecule is O=C(Cn1cccc(C(F)(F)F)c1=O)N1CCC(c2ccc(O)cc2)CC1. The van der Waals surface area contributed by atoms with Gasteiger partial charge >= 0.3 is 6.18 Å². The zero-order chi connectivity index (χ0) is 19.6. The number of hydrogen-bond donors (Lipinski definition) is 1. The number of likely N-dealkylation sites (tertiary alicyclic amines) is 1. The van der Waals surface area contributed by atoms with Crippen LogP contribution in [0.25, 0.3) is 0 Å². The van der Waals surface area contributed by atoms with Gasteiger partial charge in [-0.25, -0.2) is 0 Å². The standard InChI is InChI=1S/C19H19F3N2O3/c20-19(21,22)16-2-1-9-24(18(16)27)12-17(26)23-10-7-14(8-11-23)13-3-5-15(25)6-4-13/h1-6,9,14,25H,7-8,10-12H2. The number of rotatable bonds is 3. The Morgan fingerprint density at radius 1 is 1.11 bits per heavy atom. The molecule has 2 heterocycles. The Balaban J connectivity index is 1.64. The number of nitrogens with zero attached hydrogens (tertiary/aromatic N) is 2. The van der Waals surface area contributed by atoms with E-state index in [1.54, 1.807) is 17.0 Å². The molecular formula is C19H19F3N2O3. The Hall–Kier alpha value is -2.77. The molecule has 1 aliphatic rings. The quantitative estimate of drug-likeness (QED) is 0.891. The van der Waals surface area contributed by atoms with Gasteiger partial charge in [0.25, 0.3) is 5.56 Å². The maximum absolute atomic E-state index is 12.8. The number of amides is 1. The summed E-state index contributed by atoms with van der Waals surface area (Å²) < 4.78 is 39.3. The Labute approximate surface area is 153 Å². The van der Waals surface area contributed by atoms with E-state index in [4.69, 9.17) is 0 Å². The fourth-order valence-electron chi connectivity index (χ4n) is 3.33. The lowest BCUT2D eigenvalue weighted by Crippen LogP contribution is -2.41. The summed E-state index contributed by atoms with van der Waals surface area (Å²) >= 11 is 0. The van der Waals surface area contributed by atoms with Crippen molar-refractivity contribution in [1.82, 2.24) is 9.47 Å². The van der Waals surface area contributed by atoms with Gasteiger partial charge in [-0.1, -0.05) is 12.1 Å². The normalized spacial score (nSPS) is 15.7. The highest BCUT2D eigenvalue weighted by Gasteiger charge is 2.34. The molecule has 8 heteroatoms. The molecule has 1 fully saturated rings. The van der Waals surface area contributed by atoms with Crippen molar-refractivity contribution in [3.05, 3.63) is 64.1 Å². The summed E-state index contributed by atoms with van der Waals surface area (Å²) in [7, 11) is 0. The van der Waals surface area contributed by atoms with E-state index in [-0.39, 0.29) is 17.6 Å². The van der Waals surface area contributed by atoms with E-state index in [1.165, 1.54) is 6.20 Å². The molecule has 5 nitrogen and oxygen atoms in total. The number of piperidine rings is 1. The molecule has 0 atom stereocenters. The molecule has 0 saturated carbocycles. The number of aromatic hydroxyl groups is 1. The van der Waals surface area contributed by atoms with Gasteiger partial charge in [0, 0.05) is 19.3 Å². The van der Waals surface area contributed by atoms with Crippen LogP contribution in [0.1, 0.15) is 29.9 Å². The Bertz CT molecular complexity index is 867. The number of halogens is 3. The number of pyridine rings is 1. The summed E-state index contributed by atoms with van der Waals surface area (Å²) in [6.07, 6.45) is -2.12. The highest BCUT2D eigenvalue weighted by Crippen LogP contribution is 2.29. The highest BCUT2D eigenvalue weighted by molar-refractivity contribution is 5.76. The molecule has 0 bridgehead atoms. The van der Waals surface area contributed by atoms with Crippen molar-refractivity contribution in [3.63, 3.8) is 0 Å². The van der Waals surface area contributed by atoms with Crippen LogP contribution in [0.5, 0.6) is 5.75 Å². The lowest BCUT2D eigenvalue weighted by Gasteiger charge is -2.32. The van der Waals surface area contributed by atoms with Crippen LogP contribution < -0.4 is 5.56 Å². The first kappa shape index (κ1) is 19.0. The van der Waals surface area contributed by atoms with E-state index in [0.29, 0.717) is 32.0 Å². The minimum absolute atomic E-state index is 0.192. The van der Waals surface area contributed by atoms with Crippen LogP contribution in [0.15, 0.2) is 47.4 Å². The molecule has 0 aliphatic carbocycles. The van der Waals surface area contributed by atoms with Crippen molar-refractivity contribution in [1.29, 1.82) is 0 Å². The molecule has 1 aromatic heterocycles. The smallest absolute Gasteiger partial charge is 0.421 e. The number of phenolic OH excluding ortho intramolecular Hbond substituents is 1. The van der Waals surface area contributed by atoms with Crippen LogP contribution in [0, 0.1) is 0 Å². The van der Waals surface area contributed by atoms with Crippen molar-refractivity contribution in [2.75, 3.05) is 13.1 Å². The molecule has 0 unspecified atom stereocenters. The zero-order valence-corrected chi connectivity index (χ0v) is 14.4. The van der Waals surface area contributed by atoms with E-state index < -0.39 is 23.8 Å². The molecule has 1 aromatic carbocycles. The molecule has 2 aromatic rings. The summed E-state index contributed by atoms with van der Waals surface area (Å²) in [4.78, 5) is 25.9. The van der Waals surface area contributed by atoms with Gasteiger partial charge in [-0.15, -0.1) is 0 Å². The Morgan fingerprint density at radius 2 is 1.74 bits per heavy atom. The molecule has 1 saturated heterocycles. The lowest BCUT2D eigenvalue weighted by molar-refractivity contribution is -0.139. The van der Waals surface area contributed by atoms with Gasteiger partial charge in [0.05, 0.1) is 0 Å². The molecule has 27 heavy (non-hydrogen) atoms. The molecule has 0 spiro atoms. The summed E-state index contributed by atoms with van der Waals surface area (Å²) in [5.74, 6) is 0.0735. The van der Waals surface area contributed by atoms with Crippen molar-refractivity contribution in [2.24, 2.45) is 0 Å². The first-order valence-electron chi connectivity index (χ1n) is 8.59. The van der Waals surface area contributed by atoms with Gasteiger partial charge in [0.15, 0.2) is 0 Å². The molecule has 144 valence electrons. The second kappa shape index (κ2) is 7.46. The van der Waals surface area contributed by atoms with Crippen molar-refractivity contribution < 1.29 is 23.1 Å². The predicted molar refractivity (Wildman–Crippen MR) is 92.4 cm³/mol. The van der Waals surface area contributed by atoms with Crippen LogP contribution in [0.3, 0.4) is 0 Å². The van der Waals surface area contributed by atoms with Gasteiger partial charge in [-0.05, 0) is 48.6 Å². The van der Waals surface area contributed by atoms with E-state index in [0.717, 1.165) is 16.2 Å². The third-order valence-corrected chi connectivity index (χ3v) is 4.84. The van der Waals surface area contributed by atoms with Crippen molar-refractivity contribution in [3.8, 4) is 5.75 Å². The maximum Gasteiger partial charge on any atom is 0.421 e. The first-order chi connectivity index (χ1) is 12.8. The van der Waals surface area contributed by atoms with Crippen LogP contribution in [0.4, 0.5) is 13.2 Å². The fourth-order valence-corrected chi connectivity index (χ4v) is 3.33.